The summed E-state index contributed by atoms with van der Waals surface area (Å²) in [6.07, 6.45) is 0. The van der Waals surface area contributed by atoms with Crippen LogP contribution in [0.15, 0.2) is 54.6 Å². The lowest BCUT2D eigenvalue weighted by atomic mass is 10.2. The Labute approximate surface area is 159 Å². The van der Waals surface area contributed by atoms with Crippen LogP contribution in [0.4, 0.5) is 5.69 Å². The van der Waals surface area contributed by atoms with E-state index in [4.69, 9.17) is 4.74 Å². The molecule has 0 aromatic heterocycles. The Morgan fingerprint density at radius 1 is 0.963 bits per heavy atom. The second-order valence-corrected chi connectivity index (χ2v) is 6.59. The molecule has 2 aromatic rings. The molecule has 0 radical (unpaired) electrons. The van der Waals surface area contributed by atoms with Crippen LogP contribution in [-0.2, 0) is 4.79 Å². The van der Waals surface area contributed by atoms with Gasteiger partial charge in [0.15, 0.2) is 0 Å². The molecule has 0 aliphatic carbocycles. The number of likely N-dealkylation sites (N-methyl/N-ethyl adjacent to an activating group) is 1. The quantitative estimate of drug-likeness (QED) is 0.812. The molecule has 142 valence electrons. The molecule has 27 heavy (non-hydrogen) atoms. The summed E-state index contributed by atoms with van der Waals surface area (Å²) in [6.45, 7) is 2.94. The number of carbonyl (C=O) groups excluding carboxylic acids is 2. The second-order valence-electron chi connectivity index (χ2n) is 6.59. The van der Waals surface area contributed by atoms with Crippen LogP contribution in [-0.4, -0.2) is 68.5 Å². The molecule has 1 aliphatic heterocycles. The van der Waals surface area contributed by atoms with Crippen LogP contribution in [0.3, 0.4) is 0 Å². The van der Waals surface area contributed by atoms with Crippen LogP contribution in [0, 0.1) is 0 Å². The molecule has 0 unspecified atom stereocenters. The fraction of sp³-hybridized carbons (Fsp3) is 0.333. The van der Waals surface area contributed by atoms with Crippen molar-refractivity contribution in [3.8, 4) is 5.75 Å². The van der Waals surface area contributed by atoms with Crippen LogP contribution in [0.2, 0.25) is 0 Å². The monoisotopic (exact) mass is 367 g/mol. The third kappa shape index (κ3) is 4.58. The number of carbonyl (C=O) groups is 2. The smallest absolute Gasteiger partial charge is 0.254 e. The molecule has 6 heteroatoms. The topological polar surface area (TPSA) is 53.1 Å². The summed E-state index contributed by atoms with van der Waals surface area (Å²) < 4.78 is 5.19. The SMILES string of the molecule is COc1ccc(N2CCN(C(=O)CN(C)C(=O)c3ccccc3)CC2)cc1. The predicted molar refractivity (Wildman–Crippen MR) is 105 cm³/mol. The van der Waals surface area contributed by atoms with E-state index in [1.54, 1.807) is 26.3 Å². The molecule has 1 saturated heterocycles. The van der Waals surface area contributed by atoms with E-state index in [2.05, 4.69) is 4.90 Å². The molecule has 0 bridgehead atoms. The number of anilines is 1. The summed E-state index contributed by atoms with van der Waals surface area (Å²) in [4.78, 5) is 30.5. The van der Waals surface area contributed by atoms with E-state index in [0.717, 1.165) is 24.5 Å². The van der Waals surface area contributed by atoms with Gasteiger partial charge in [0.05, 0.1) is 13.7 Å². The molecular formula is C21H25N3O3. The summed E-state index contributed by atoms with van der Waals surface area (Å²) >= 11 is 0. The lowest BCUT2D eigenvalue weighted by Gasteiger charge is -2.36. The largest absolute Gasteiger partial charge is 0.497 e. The van der Waals surface area contributed by atoms with E-state index in [-0.39, 0.29) is 18.4 Å². The van der Waals surface area contributed by atoms with Crippen molar-refractivity contribution in [2.45, 2.75) is 0 Å². The van der Waals surface area contributed by atoms with Gasteiger partial charge in [-0.05, 0) is 36.4 Å². The van der Waals surface area contributed by atoms with Gasteiger partial charge in [0.25, 0.3) is 5.91 Å². The summed E-state index contributed by atoms with van der Waals surface area (Å²) in [5.41, 5.74) is 1.72. The normalized spacial score (nSPS) is 14.0. The van der Waals surface area contributed by atoms with E-state index in [1.165, 1.54) is 4.90 Å². The summed E-state index contributed by atoms with van der Waals surface area (Å²) in [5, 5.41) is 0. The average Bonchev–Trinajstić information content (AvgIpc) is 2.74. The molecule has 1 fully saturated rings. The zero-order valence-electron chi connectivity index (χ0n) is 15.8. The number of hydrogen-bond donors (Lipinski definition) is 0. The van der Waals surface area contributed by atoms with Crippen LogP contribution in [0.25, 0.3) is 0 Å². The minimum Gasteiger partial charge on any atom is -0.497 e. The highest BCUT2D eigenvalue weighted by atomic mass is 16.5. The number of amides is 2. The maximum atomic E-state index is 12.6. The molecule has 2 amide bonds. The van der Waals surface area contributed by atoms with Crippen molar-refractivity contribution in [3.63, 3.8) is 0 Å². The van der Waals surface area contributed by atoms with Crippen molar-refractivity contribution in [3.05, 3.63) is 60.2 Å². The minimum atomic E-state index is -0.138. The predicted octanol–water partition coefficient (Wildman–Crippen LogP) is 2.12. The molecule has 6 nitrogen and oxygen atoms in total. The first-order valence-electron chi connectivity index (χ1n) is 9.06. The Kier molecular flexibility index (Phi) is 5.96. The molecule has 0 N–H and O–H groups in total. The molecule has 0 saturated carbocycles. The number of benzene rings is 2. The first-order valence-corrected chi connectivity index (χ1v) is 9.06. The van der Waals surface area contributed by atoms with E-state index in [9.17, 15) is 9.59 Å². The van der Waals surface area contributed by atoms with Gasteiger partial charge in [0.2, 0.25) is 5.91 Å². The first kappa shape index (κ1) is 18.8. The Morgan fingerprint density at radius 2 is 1.59 bits per heavy atom. The zero-order valence-corrected chi connectivity index (χ0v) is 15.8. The highest BCUT2D eigenvalue weighted by molar-refractivity contribution is 5.96. The van der Waals surface area contributed by atoms with Gasteiger partial charge in [0, 0.05) is 44.5 Å². The van der Waals surface area contributed by atoms with E-state index >= 15 is 0 Å². The second kappa shape index (κ2) is 8.58. The van der Waals surface area contributed by atoms with Gasteiger partial charge in [-0.3, -0.25) is 9.59 Å². The van der Waals surface area contributed by atoms with Crippen LogP contribution in [0.1, 0.15) is 10.4 Å². The Balaban J connectivity index is 1.51. The number of methoxy groups -OCH3 is 1. The van der Waals surface area contributed by atoms with Crippen molar-refractivity contribution in [1.29, 1.82) is 0 Å². The van der Waals surface area contributed by atoms with Gasteiger partial charge < -0.3 is 19.4 Å². The number of nitrogens with zero attached hydrogens (tertiary/aromatic N) is 3. The maximum absolute atomic E-state index is 12.6. The van der Waals surface area contributed by atoms with E-state index < -0.39 is 0 Å². The summed E-state index contributed by atoms with van der Waals surface area (Å²) in [7, 11) is 3.32. The van der Waals surface area contributed by atoms with Crippen molar-refractivity contribution in [2.75, 3.05) is 51.8 Å². The summed E-state index contributed by atoms with van der Waals surface area (Å²) in [5.74, 6) is 0.677. The lowest BCUT2D eigenvalue weighted by molar-refractivity contribution is -0.131. The fourth-order valence-corrected chi connectivity index (χ4v) is 3.18. The number of ether oxygens (including phenoxy) is 1. The van der Waals surface area contributed by atoms with Gasteiger partial charge in [0.1, 0.15) is 5.75 Å². The molecular weight excluding hydrogens is 342 g/mol. The van der Waals surface area contributed by atoms with Gasteiger partial charge in [-0.1, -0.05) is 18.2 Å². The van der Waals surface area contributed by atoms with Crippen LogP contribution < -0.4 is 9.64 Å². The van der Waals surface area contributed by atoms with Gasteiger partial charge >= 0.3 is 0 Å². The first-order chi connectivity index (χ1) is 13.1. The highest BCUT2D eigenvalue weighted by Crippen LogP contribution is 2.20. The Morgan fingerprint density at radius 3 is 2.19 bits per heavy atom. The Hall–Kier alpha value is -3.02. The molecule has 0 atom stereocenters. The van der Waals surface area contributed by atoms with Crippen molar-refractivity contribution < 1.29 is 14.3 Å². The highest BCUT2D eigenvalue weighted by Gasteiger charge is 2.23. The van der Waals surface area contributed by atoms with E-state index in [0.29, 0.717) is 18.7 Å². The van der Waals surface area contributed by atoms with E-state index in [1.807, 2.05) is 47.4 Å². The Bertz CT molecular complexity index is 769. The molecule has 0 spiro atoms. The minimum absolute atomic E-state index is 0.0174. The third-order valence-corrected chi connectivity index (χ3v) is 4.81. The van der Waals surface area contributed by atoms with Gasteiger partial charge in [-0.25, -0.2) is 0 Å². The molecule has 3 rings (SSSR count). The van der Waals surface area contributed by atoms with Gasteiger partial charge in [-0.15, -0.1) is 0 Å². The number of rotatable bonds is 5. The third-order valence-electron chi connectivity index (χ3n) is 4.81. The van der Waals surface area contributed by atoms with Crippen molar-refractivity contribution in [1.82, 2.24) is 9.80 Å². The van der Waals surface area contributed by atoms with Gasteiger partial charge in [-0.2, -0.15) is 0 Å². The fourth-order valence-electron chi connectivity index (χ4n) is 3.18. The zero-order chi connectivity index (χ0) is 19.2. The molecule has 1 aliphatic rings. The molecule has 1 heterocycles. The van der Waals surface area contributed by atoms with Crippen LogP contribution in [0.5, 0.6) is 5.75 Å². The number of hydrogen-bond acceptors (Lipinski definition) is 4. The van der Waals surface area contributed by atoms with Crippen molar-refractivity contribution in [2.24, 2.45) is 0 Å². The van der Waals surface area contributed by atoms with Crippen LogP contribution >= 0.6 is 0 Å². The lowest BCUT2D eigenvalue weighted by Crippen LogP contribution is -2.51. The maximum Gasteiger partial charge on any atom is 0.254 e. The average molecular weight is 367 g/mol. The standard InChI is InChI=1S/C21H25N3O3/c1-22(21(26)17-6-4-3-5-7-17)16-20(25)24-14-12-23(13-15-24)18-8-10-19(27-2)11-9-18/h3-11H,12-16H2,1-2H3. The van der Waals surface area contributed by atoms with Crippen molar-refractivity contribution >= 4 is 17.5 Å². The molecule has 2 aromatic carbocycles. The number of piperazine rings is 1. The summed E-state index contributed by atoms with van der Waals surface area (Å²) in [6, 6.07) is 17.0.